The zero-order valence-electron chi connectivity index (χ0n) is 13.8. The van der Waals surface area contributed by atoms with Gasteiger partial charge in [-0.25, -0.2) is 4.98 Å². The molecule has 1 saturated carbocycles. The van der Waals surface area contributed by atoms with E-state index in [1.165, 1.54) is 19.3 Å². The molecule has 1 N–H and O–H groups in total. The van der Waals surface area contributed by atoms with Crippen LogP contribution in [0.4, 0.5) is 0 Å². The van der Waals surface area contributed by atoms with Crippen molar-refractivity contribution in [3.63, 3.8) is 0 Å². The Kier molecular flexibility index (Phi) is 4.02. The van der Waals surface area contributed by atoms with E-state index >= 15 is 0 Å². The first-order chi connectivity index (χ1) is 11.8. The van der Waals surface area contributed by atoms with Crippen LogP contribution >= 0.6 is 0 Å². The van der Waals surface area contributed by atoms with Crippen LogP contribution in [0.1, 0.15) is 43.4 Å². The molecule has 0 unspecified atom stereocenters. The van der Waals surface area contributed by atoms with Crippen molar-refractivity contribution >= 4 is 23.1 Å². The van der Waals surface area contributed by atoms with Crippen molar-refractivity contribution in [2.45, 2.75) is 38.2 Å². The first kappa shape index (κ1) is 14.9. The summed E-state index contributed by atoms with van der Waals surface area (Å²) in [4.78, 5) is 4.46. The van der Waals surface area contributed by atoms with Crippen LogP contribution in [0.3, 0.4) is 0 Å². The molecule has 0 atom stereocenters. The number of fused-ring (bicyclic) bond motifs is 1. The number of hydrogen-bond donors (Lipinski definition) is 1. The maximum Gasteiger partial charge on any atom is 0.225 e. The van der Waals surface area contributed by atoms with E-state index in [0.29, 0.717) is 5.88 Å². The van der Waals surface area contributed by atoms with Gasteiger partial charge in [0, 0.05) is 25.0 Å². The Morgan fingerprint density at radius 3 is 2.92 bits per heavy atom. The van der Waals surface area contributed by atoms with Gasteiger partial charge in [0.15, 0.2) is 0 Å². The lowest BCUT2D eigenvalue weighted by molar-refractivity contribution is 0.151. The third-order valence-electron chi connectivity index (χ3n) is 4.46. The second-order valence-electron chi connectivity index (χ2n) is 6.31. The molecular formula is C18H21N5O. The standard InChI is InChI=1S/C18H21N5O/c1-23-12-13(11-20-23)7-8-15-17-16(22-21-15)9-10-19-18(17)24-14-5-3-2-4-6-14/h7-12,14H,2-6H2,1H3,(H,21,22). The largest absolute Gasteiger partial charge is 0.474 e. The van der Waals surface area contributed by atoms with Crippen molar-refractivity contribution in [1.29, 1.82) is 0 Å². The fraction of sp³-hybridized carbons (Fsp3) is 0.389. The molecule has 0 aromatic carbocycles. The lowest BCUT2D eigenvalue weighted by Crippen LogP contribution is -2.20. The zero-order chi connectivity index (χ0) is 16.4. The summed E-state index contributed by atoms with van der Waals surface area (Å²) in [5.74, 6) is 0.680. The van der Waals surface area contributed by atoms with Crippen molar-refractivity contribution in [3.05, 3.63) is 35.9 Å². The highest BCUT2D eigenvalue weighted by Gasteiger charge is 2.18. The van der Waals surface area contributed by atoms with E-state index in [-0.39, 0.29) is 6.10 Å². The smallest absolute Gasteiger partial charge is 0.225 e. The van der Waals surface area contributed by atoms with Crippen LogP contribution < -0.4 is 4.74 Å². The highest BCUT2D eigenvalue weighted by Crippen LogP contribution is 2.29. The molecule has 0 radical (unpaired) electrons. The molecule has 0 amide bonds. The van der Waals surface area contributed by atoms with E-state index in [0.717, 1.165) is 35.0 Å². The van der Waals surface area contributed by atoms with E-state index in [1.54, 1.807) is 10.9 Å². The van der Waals surface area contributed by atoms with Crippen molar-refractivity contribution in [1.82, 2.24) is 25.0 Å². The Bertz CT molecular complexity index is 857. The van der Waals surface area contributed by atoms with E-state index in [2.05, 4.69) is 20.3 Å². The summed E-state index contributed by atoms with van der Waals surface area (Å²) >= 11 is 0. The molecule has 1 aliphatic carbocycles. The minimum Gasteiger partial charge on any atom is -0.474 e. The number of pyridine rings is 1. The number of rotatable bonds is 4. The number of aryl methyl sites for hydroxylation is 1. The van der Waals surface area contributed by atoms with Gasteiger partial charge in [-0.2, -0.15) is 10.2 Å². The van der Waals surface area contributed by atoms with Crippen LogP contribution in [0.25, 0.3) is 23.1 Å². The minimum atomic E-state index is 0.266. The molecule has 0 spiro atoms. The number of aromatic amines is 1. The molecule has 6 heteroatoms. The second kappa shape index (κ2) is 6.47. The summed E-state index contributed by atoms with van der Waals surface area (Å²) in [7, 11) is 1.90. The minimum absolute atomic E-state index is 0.266. The highest BCUT2D eigenvalue weighted by molar-refractivity contribution is 5.92. The van der Waals surface area contributed by atoms with Gasteiger partial charge in [0.1, 0.15) is 6.10 Å². The number of H-pyrrole nitrogens is 1. The molecule has 24 heavy (non-hydrogen) atoms. The van der Waals surface area contributed by atoms with E-state index in [9.17, 15) is 0 Å². The number of hydrogen-bond acceptors (Lipinski definition) is 4. The van der Waals surface area contributed by atoms with E-state index in [1.807, 2.05) is 37.7 Å². The van der Waals surface area contributed by atoms with Gasteiger partial charge < -0.3 is 4.74 Å². The van der Waals surface area contributed by atoms with Crippen LogP contribution in [0.2, 0.25) is 0 Å². The first-order valence-electron chi connectivity index (χ1n) is 8.46. The van der Waals surface area contributed by atoms with Crippen molar-refractivity contribution in [2.75, 3.05) is 0 Å². The maximum atomic E-state index is 6.20. The predicted octanol–water partition coefficient (Wildman–Crippen LogP) is 3.57. The number of ether oxygens (including phenoxy) is 1. The fourth-order valence-corrected chi connectivity index (χ4v) is 3.21. The SMILES string of the molecule is Cn1cc(C=Cc2n[nH]c3ccnc(OC4CCCCC4)c23)cn1. The third-order valence-corrected chi connectivity index (χ3v) is 4.46. The lowest BCUT2D eigenvalue weighted by atomic mass is 9.98. The number of nitrogens with one attached hydrogen (secondary N) is 1. The Morgan fingerprint density at radius 2 is 2.12 bits per heavy atom. The Morgan fingerprint density at radius 1 is 1.25 bits per heavy atom. The molecule has 0 bridgehead atoms. The van der Waals surface area contributed by atoms with Gasteiger partial charge in [-0.15, -0.1) is 0 Å². The molecule has 4 rings (SSSR count). The normalized spacial score (nSPS) is 16.2. The Balaban J connectivity index is 1.64. The molecule has 124 valence electrons. The van der Waals surface area contributed by atoms with Crippen molar-refractivity contribution < 1.29 is 4.74 Å². The van der Waals surface area contributed by atoms with Crippen LogP contribution in [-0.2, 0) is 7.05 Å². The van der Waals surface area contributed by atoms with Crippen molar-refractivity contribution in [3.8, 4) is 5.88 Å². The van der Waals surface area contributed by atoms with E-state index < -0.39 is 0 Å². The van der Waals surface area contributed by atoms with Gasteiger partial charge >= 0.3 is 0 Å². The van der Waals surface area contributed by atoms with Crippen LogP contribution in [0.15, 0.2) is 24.7 Å². The summed E-state index contributed by atoms with van der Waals surface area (Å²) in [6.07, 6.45) is 15.8. The van der Waals surface area contributed by atoms with Gasteiger partial charge in [0.05, 0.1) is 22.8 Å². The molecule has 0 aliphatic heterocycles. The molecule has 1 aliphatic rings. The molecule has 0 saturated heterocycles. The van der Waals surface area contributed by atoms with Gasteiger partial charge in [-0.3, -0.25) is 9.78 Å². The average molecular weight is 323 g/mol. The monoisotopic (exact) mass is 323 g/mol. The second-order valence-corrected chi connectivity index (χ2v) is 6.31. The fourth-order valence-electron chi connectivity index (χ4n) is 3.21. The molecule has 1 fully saturated rings. The maximum absolute atomic E-state index is 6.20. The molecule has 3 heterocycles. The van der Waals surface area contributed by atoms with Gasteiger partial charge in [-0.05, 0) is 43.9 Å². The molecule has 6 nitrogen and oxygen atoms in total. The summed E-state index contributed by atoms with van der Waals surface area (Å²) in [6.45, 7) is 0. The zero-order valence-corrected chi connectivity index (χ0v) is 13.8. The van der Waals surface area contributed by atoms with E-state index in [4.69, 9.17) is 4.74 Å². The predicted molar refractivity (Wildman–Crippen MR) is 93.5 cm³/mol. The summed E-state index contributed by atoms with van der Waals surface area (Å²) < 4.78 is 7.98. The Labute approximate surface area is 140 Å². The lowest BCUT2D eigenvalue weighted by Gasteiger charge is -2.22. The quantitative estimate of drug-likeness (QED) is 0.797. The first-order valence-corrected chi connectivity index (χ1v) is 8.46. The molecular weight excluding hydrogens is 302 g/mol. The molecule has 3 aromatic rings. The number of aromatic nitrogens is 5. The highest BCUT2D eigenvalue weighted by atomic mass is 16.5. The number of nitrogens with zero attached hydrogens (tertiary/aromatic N) is 4. The Hall–Kier alpha value is -2.63. The molecule has 3 aromatic heterocycles. The summed E-state index contributed by atoms with van der Waals surface area (Å²) in [5.41, 5.74) is 2.82. The third kappa shape index (κ3) is 3.04. The summed E-state index contributed by atoms with van der Waals surface area (Å²) in [5, 5.41) is 12.6. The topological polar surface area (TPSA) is 68.6 Å². The van der Waals surface area contributed by atoms with Gasteiger partial charge in [-0.1, -0.05) is 6.42 Å². The van der Waals surface area contributed by atoms with Gasteiger partial charge in [0.2, 0.25) is 5.88 Å². The van der Waals surface area contributed by atoms with Gasteiger partial charge in [0.25, 0.3) is 0 Å². The summed E-state index contributed by atoms with van der Waals surface area (Å²) in [6, 6.07) is 1.93. The van der Waals surface area contributed by atoms with Crippen molar-refractivity contribution in [2.24, 2.45) is 7.05 Å². The van der Waals surface area contributed by atoms with Crippen LogP contribution in [-0.4, -0.2) is 31.1 Å². The average Bonchev–Trinajstić information content (AvgIpc) is 3.21. The van der Waals surface area contributed by atoms with Crippen LogP contribution in [0, 0.1) is 0 Å². The van der Waals surface area contributed by atoms with Crippen LogP contribution in [0.5, 0.6) is 5.88 Å².